The van der Waals surface area contributed by atoms with Crippen molar-refractivity contribution < 1.29 is 9.18 Å². The molecule has 0 saturated carbocycles. The molecule has 2 N–H and O–H groups in total. The van der Waals surface area contributed by atoms with Gasteiger partial charge in [-0.1, -0.05) is 30.3 Å². The fourth-order valence-corrected chi connectivity index (χ4v) is 2.29. The van der Waals surface area contributed by atoms with E-state index >= 15 is 0 Å². The monoisotopic (exact) mass is 256 g/mol. The molecular formula is C15H13FN2O. The zero-order chi connectivity index (χ0) is 13.2. The molecule has 3 rings (SSSR count). The molecule has 96 valence electrons. The van der Waals surface area contributed by atoms with Crippen LogP contribution >= 0.6 is 0 Å². The number of halogens is 1. The summed E-state index contributed by atoms with van der Waals surface area (Å²) in [6.45, 7) is 0. The van der Waals surface area contributed by atoms with Crippen LogP contribution in [0.25, 0.3) is 0 Å². The van der Waals surface area contributed by atoms with E-state index in [2.05, 4.69) is 10.6 Å². The fourth-order valence-electron chi connectivity index (χ4n) is 2.29. The molecule has 0 bridgehead atoms. The Balaban J connectivity index is 2.01. The van der Waals surface area contributed by atoms with Crippen molar-refractivity contribution in [2.45, 2.75) is 12.5 Å². The van der Waals surface area contributed by atoms with Crippen molar-refractivity contribution in [2.75, 3.05) is 10.6 Å². The topological polar surface area (TPSA) is 41.1 Å². The number of fused-ring (bicyclic) bond motifs is 1. The number of hydrogen-bond donors (Lipinski definition) is 2. The summed E-state index contributed by atoms with van der Waals surface area (Å²) in [5.74, 6) is -0.419. The van der Waals surface area contributed by atoms with Gasteiger partial charge in [-0.2, -0.15) is 0 Å². The van der Waals surface area contributed by atoms with Crippen LogP contribution in [0.5, 0.6) is 0 Å². The second kappa shape index (κ2) is 4.72. The first-order valence-corrected chi connectivity index (χ1v) is 6.14. The maximum Gasteiger partial charge on any atom is 0.226 e. The Hall–Kier alpha value is -2.36. The smallest absolute Gasteiger partial charge is 0.226 e. The third kappa shape index (κ3) is 2.29. The van der Waals surface area contributed by atoms with E-state index in [4.69, 9.17) is 0 Å². The lowest BCUT2D eigenvalue weighted by Gasteiger charge is -2.17. The van der Waals surface area contributed by atoms with E-state index in [1.807, 2.05) is 24.3 Å². The van der Waals surface area contributed by atoms with Gasteiger partial charge in [-0.15, -0.1) is 0 Å². The molecule has 2 aromatic carbocycles. The molecule has 0 spiro atoms. The summed E-state index contributed by atoms with van der Waals surface area (Å²) in [6, 6.07) is 13.6. The van der Waals surface area contributed by atoms with Crippen molar-refractivity contribution in [1.82, 2.24) is 0 Å². The molecule has 1 heterocycles. The Kier molecular flexibility index (Phi) is 2.91. The summed E-state index contributed by atoms with van der Waals surface area (Å²) in [5.41, 5.74) is 2.04. The van der Waals surface area contributed by atoms with Crippen LogP contribution in [-0.4, -0.2) is 5.91 Å². The van der Waals surface area contributed by atoms with Crippen LogP contribution in [0.1, 0.15) is 18.0 Å². The molecule has 0 aliphatic carbocycles. The zero-order valence-electron chi connectivity index (χ0n) is 10.2. The van der Waals surface area contributed by atoms with Crippen LogP contribution in [0.15, 0.2) is 48.5 Å². The maximum absolute atomic E-state index is 13.8. The summed E-state index contributed by atoms with van der Waals surface area (Å²) in [4.78, 5) is 11.9. The molecule has 1 aliphatic rings. The molecule has 0 fully saturated rings. The van der Waals surface area contributed by atoms with Crippen LogP contribution in [0, 0.1) is 5.82 Å². The average molecular weight is 256 g/mol. The van der Waals surface area contributed by atoms with Crippen molar-refractivity contribution in [2.24, 2.45) is 0 Å². The van der Waals surface area contributed by atoms with Crippen molar-refractivity contribution in [3.8, 4) is 0 Å². The Morgan fingerprint density at radius 1 is 1.00 bits per heavy atom. The molecule has 3 nitrogen and oxygen atoms in total. The highest BCUT2D eigenvalue weighted by Gasteiger charge is 2.23. The van der Waals surface area contributed by atoms with Crippen molar-refractivity contribution >= 4 is 17.3 Å². The van der Waals surface area contributed by atoms with E-state index in [1.165, 1.54) is 6.07 Å². The highest BCUT2D eigenvalue weighted by Crippen LogP contribution is 2.32. The van der Waals surface area contributed by atoms with Gasteiger partial charge in [0.25, 0.3) is 0 Å². The highest BCUT2D eigenvalue weighted by molar-refractivity contribution is 5.96. The van der Waals surface area contributed by atoms with Gasteiger partial charge in [0.05, 0.1) is 23.8 Å². The highest BCUT2D eigenvalue weighted by atomic mass is 19.1. The SMILES string of the molecule is O=C1CC(c2ccccc2F)Nc2ccccc2N1. The van der Waals surface area contributed by atoms with Gasteiger partial charge in [0, 0.05) is 5.56 Å². The number of anilines is 2. The van der Waals surface area contributed by atoms with E-state index in [9.17, 15) is 9.18 Å². The Morgan fingerprint density at radius 2 is 1.68 bits per heavy atom. The minimum atomic E-state index is -0.357. The summed E-state index contributed by atoms with van der Waals surface area (Å²) in [5, 5.41) is 6.04. The lowest BCUT2D eigenvalue weighted by molar-refractivity contribution is -0.116. The minimum absolute atomic E-state index is 0.120. The van der Waals surface area contributed by atoms with Crippen LogP contribution in [0.4, 0.5) is 15.8 Å². The molecule has 1 atom stereocenters. The van der Waals surface area contributed by atoms with Gasteiger partial charge < -0.3 is 10.6 Å². The lowest BCUT2D eigenvalue weighted by Crippen LogP contribution is -2.16. The van der Waals surface area contributed by atoms with Gasteiger partial charge in [0.2, 0.25) is 5.91 Å². The second-order valence-electron chi connectivity index (χ2n) is 4.52. The van der Waals surface area contributed by atoms with Crippen LogP contribution < -0.4 is 10.6 Å². The number of hydrogen-bond acceptors (Lipinski definition) is 2. The Labute approximate surface area is 110 Å². The summed E-state index contributed by atoms with van der Waals surface area (Å²) in [6.07, 6.45) is 0.204. The van der Waals surface area contributed by atoms with E-state index in [-0.39, 0.29) is 24.2 Å². The van der Waals surface area contributed by atoms with E-state index in [0.717, 1.165) is 11.4 Å². The first kappa shape index (κ1) is 11.7. The van der Waals surface area contributed by atoms with Crippen LogP contribution in [0.3, 0.4) is 0 Å². The van der Waals surface area contributed by atoms with E-state index in [0.29, 0.717) is 5.56 Å². The standard InChI is InChI=1S/C15H13FN2O/c16-11-6-2-1-5-10(11)14-9-15(19)18-13-8-4-3-7-12(13)17-14/h1-8,14,17H,9H2,(H,18,19). The third-order valence-corrected chi connectivity index (χ3v) is 3.20. The van der Waals surface area contributed by atoms with Gasteiger partial charge in [0.15, 0.2) is 0 Å². The first-order valence-electron chi connectivity index (χ1n) is 6.14. The molecule has 1 amide bonds. The van der Waals surface area contributed by atoms with Gasteiger partial charge in [0.1, 0.15) is 5.82 Å². The summed E-state index contributed by atoms with van der Waals surface area (Å²) in [7, 11) is 0. The number of amides is 1. The summed E-state index contributed by atoms with van der Waals surface area (Å²) < 4.78 is 13.8. The predicted molar refractivity (Wildman–Crippen MR) is 72.5 cm³/mol. The molecule has 1 aliphatic heterocycles. The number of rotatable bonds is 1. The molecule has 0 aromatic heterocycles. The fraction of sp³-hybridized carbons (Fsp3) is 0.133. The number of nitrogens with one attached hydrogen (secondary N) is 2. The zero-order valence-corrected chi connectivity index (χ0v) is 10.2. The lowest BCUT2D eigenvalue weighted by atomic mass is 10.0. The molecule has 1 unspecified atom stereocenters. The van der Waals surface area contributed by atoms with Gasteiger partial charge in [-0.05, 0) is 18.2 Å². The Morgan fingerprint density at radius 3 is 2.47 bits per heavy atom. The molecule has 4 heteroatoms. The van der Waals surface area contributed by atoms with Gasteiger partial charge in [-0.3, -0.25) is 4.79 Å². The first-order chi connectivity index (χ1) is 9.24. The van der Waals surface area contributed by atoms with Crippen LogP contribution in [0.2, 0.25) is 0 Å². The number of carbonyl (C=O) groups is 1. The second-order valence-corrected chi connectivity index (χ2v) is 4.52. The number of carbonyl (C=O) groups excluding carboxylic acids is 1. The van der Waals surface area contributed by atoms with Crippen LogP contribution in [-0.2, 0) is 4.79 Å². The van der Waals surface area contributed by atoms with Crippen molar-refractivity contribution in [3.63, 3.8) is 0 Å². The quantitative estimate of drug-likeness (QED) is 0.821. The van der Waals surface area contributed by atoms with Gasteiger partial charge in [-0.25, -0.2) is 4.39 Å². The third-order valence-electron chi connectivity index (χ3n) is 3.20. The molecular weight excluding hydrogens is 243 g/mol. The van der Waals surface area contributed by atoms with Crippen molar-refractivity contribution in [1.29, 1.82) is 0 Å². The van der Waals surface area contributed by atoms with Gasteiger partial charge >= 0.3 is 0 Å². The van der Waals surface area contributed by atoms with Crippen molar-refractivity contribution in [3.05, 3.63) is 59.9 Å². The molecule has 0 saturated heterocycles. The molecule has 2 aromatic rings. The Bertz CT molecular complexity index is 627. The minimum Gasteiger partial charge on any atom is -0.376 e. The predicted octanol–water partition coefficient (Wildman–Crippen LogP) is 3.32. The summed E-state index contributed by atoms with van der Waals surface area (Å²) >= 11 is 0. The normalized spacial score (nSPS) is 17.9. The number of benzene rings is 2. The molecule has 19 heavy (non-hydrogen) atoms. The molecule has 0 radical (unpaired) electrons. The number of para-hydroxylation sites is 2. The van der Waals surface area contributed by atoms with E-state index < -0.39 is 0 Å². The average Bonchev–Trinajstić information content (AvgIpc) is 2.57. The van der Waals surface area contributed by atoms with E-state index in [1.54, 1.807) is 18.2 Å². The largest absolute Gasteiger partial charge is 0.376 e. The maximum atomic E-state index is 13.8.